The highest BCUT2D eigenvalue weighted by atomic mass is 16.5. The zero-order chi connectivity index (χ0) is 20.2. The molecule has 0 fully saturated rings. The van der Waals surface area contributed by atoms with E-state index in [0.29, 0.717) is 24.5 Å². The number of nitrogens with two attached hydrogens (primary N) is 1. The first kappa shape index (κ1) is 18.8. The van der Waals surface area contributed by atoms with Gasteiger partial charge in [-0.25, -0.2) is 14.6 Å². The van der Waals surface area contributed by atoms with Crippen molar-refractivity contribution in [2.24, 2.45) is 0 Å². The van der Waals surface area contributed by atoms with Gasteiger partial charge in [-0.2, -0.15) is 0 Å². The Bertz CT molecular complexity index is 1140. The Morgan fingerprint density at radius 3 is 2.55 bits per heavy atom. The maximum atomic E-state index is 5.96. The first-order valence-corrected chi connectivity index (χ1v) is 9.29. The van der Waals surface area contributed by atoms with Crippen LogP contribution in [0.2, 0.25) is 0 Å². The van der Waals surface area contributed by atoms with Crippen LogP contribution in [0.1, 0.15) is 16.7 Å². The van der Waals surface area contributed by atoms with E-state index in [9.17, 15) is 0 Å². The fourth-order valence-electron chi connectivity index (χ4n) is 3.21. The lowest BCUT2D eigenvalue weighted by molar-refractivity contribution is 0.185. The third-order valence-corrected chi connectivity index (χ3v) is 4.51. The normalized spacial score (nSPS) is 11.0. The monoisotopic (exact) mass is 386 g/mol. The molecule has 4 aromatic rings. The van der Waals surface area contributed by atoms with E-state index >= 15 is 0 Å². The fraction of sp³-hybridized carbons (Fsp3) is 0.182. The van der Waals surface area contributed by atoms with Gasteiger partial charge < -0.3 is 10.5 Å². The lowest BCUT2D eigenvalue weighted by atomic mass is 10.1. The highest BCUT2D eigenvalue weighted by Gasteiger charge is 2.11. The van der Waals surface area contributed by atoms with Crippen molar-refractivity contribution in [1.82, 2.24) is 25.0 Å². The number of rotatable bonds is 6. The van der Waals surface area contributed by atoms with E-state index in [4.69, 9.17) is 10.5 Å². The molecule has 0 atom stereocenters. The molecule has 0 bridgehead atoms. The molecule has 7 heteroatoms. The first-order chi connectivity index (χ1) is 14.1. The Balaban J connectivity index is 1.60. The number of anilines is 1. The van der Waals surface area contributed by atoms with Crippen LogP contribution < -0.4 is 5.73 Å². The Kier molecular flexibility index (Phi) is 5.31. The number of aryl methyl sites for hydroxylation is 1. The molecule has 0 radical (unpaired) electrons. The predicted molar refractivity (Wildman–Crippen MR) is 112 cm³/mol. The fourth-order valence-corrected chi connectivity index (χ4v) is 3.21. The van der Waals surface area contributed by atoms with Crippen LogP contribution in [-0.2, 0) is 17.9 Å². The Hall–Kier alpha value is -3.58. The standard InChI is InChI=1S/C22H22N6O/c1-15-5-3-8-18(9-15)19-11-20(25-22(23)24-19)21-13-28(27-26-21)12-16-6-4-7-17(10-16)14-29-2/h3-11,13H,12,14H2,1-2H3,(H2,23,24,25). The lowest BCUT2D eigenvalue weighted by Gasteiger charge is -2.05. The minimum absolute atomic E-state index is 0.209. The first-order valence-electron chi connectivity index (χ1n) is 9.29. The number of aromatic nitrogens is 5. The van der Waals surface area contributed by atoms with Gasteiger partial charge in [0, 0.05) is 12.7 Å². The molecule has 0 spiro atoms. The lowest BCUT2D eigenvalue weighted by Crippen LogP contribution is -2.01. The minimum atomic E-state index is 0.209. The molecule has 0 saturated carbocycles. The summed E-state index contributed by atoms with van der Waals surface area (Å²) in [5.74, 6) is 0.209. The van der Waals surface area contributed by atoms with Gasteiger partial charge in [-0.3, -0.25) is 0 Å². The average molecular weight is 386 g/mol. The van der Waals surface area contributed by atoms with Crippen LogP contribution in [0, 0.1) is 6.92 Å². The van der Waals surface area contributed by atoms with Crippen molar-refractivity contribution in [3.8, 4) is 22.6 Å². The molecule has 0 aliphatic rings. The Morgan fingerprint density at radius 1 is 0.931 bits per heavy atom. The van der Waals surface area contributed by atoms with Crippen LogP contribution in [0.3, 0.4) is 0 Å². The van der Waals surface area contributed by atoms with Crippen LogP contribution in [0.5, 0.6) is 0 Å². The maximum absolute atomic E-state index is 5.96. The van der Waals surface area contributed by atoms with Crippen molar-refractivity contribution in [3.63, 3.8) is 0 Å². The van der Waals surface area contributed by atoms with E-state index in [1.54, 1.807) is 11.8 Å². The largest absolute Gasteiger partial charge is 0.380 e. The van der Waals surface area contributed by atoms with Crippen LogP contribution in [0.4, 0.5) is 5.95 Å². The summed E-state index contributed by atoms with van der Waals surface area (Å²) in [7, 11) is 1.69. The molecule has 7 nitrogen and oxygen atoms in total. The second-order valence-electron chi connectivity index (χ2n) is 6.92. The maximum Gasteiger partial charge on any atom is 0.221 e. The molecule has 0 unspecified atom stereocenters. The van der Waals surface area contributed by atoms with Crippen LogP contribution >= 0.6 is 0 Å². The molecule has 146 valence electrons. The Labute approximate surface area is 169 Å². The van der Waals surface area contributed by atoms with Gasteiger partial charge in [0.15, 0.2) is 0 Å². The highest BCUT2D eigenvalue weighted by molar-refractivity contribution is 5.67. The van der Waals surface area contributed by atoms with Crippen molar-refractivity contribution in [2.45, 2.75) is 20.1 Å². The molecule has 0 aliphatic carbocycles. The van der Waals surface area contributed by atoms with E-state index in [1.807, 2.05) is 49.5 Å². The van der Waals surface area contributed by atoms with E-state index in [1.165, 1.54) is 0 Å². The summed E-state index contributed by atoms with van der Waals surface area (Å²) in [6.07, 6.45) is 1.87. The predicted octanol–water partition coefficient (Wildman–Crippen LogP) is 3.49. The van der Waals surface area contributed by atoms with Gasteiger partial charge in [0.1, 0.15) is 5.69 Å². The van der Waals surface area contributed by atoms with Crippen molar-refractivity contribution in [1.29, 1.82) is 0 Å². The molecule has 2 N–H and O–H groups in total. The smallest absolute Gasteiger partial charge is 0.221 e. The molecule has 2 heterocycles. The van der Waals surface area contributed by atoms with E-state index in [-0.39, 0.29) is 5.95 Å². The van der Waals surface area contributed by atoms with Crippen LogP contribution in [-0.4, -0.2) is 32.1 Å². The highest BCUT2D eigenvalue weighted by Crippen LogP contribution is 2.24. The van der Waals surface area contributed by atoms with E-state index in [2.05, 4.69) is 38.5 Å². The summed E-state index contributed by atoms with van der Waals surface area (Å²) in [5.41, 5.74) is 12.4. The van der Waals surface area contributed by atoms with Gasteiger partial charge in [-0.15, -0.1) is 5.10 Å². The number of hydrogen-bond donors (Lipinski definition) is 1. The number of benzene rings is 2. The number of hydrogen-bond acceptors (Lipinski definition) is 6. The van der Waals surface area contributed by atoms with Crippen molar-refractivity contribution < 1.29 is 4.74 Å². The molecule has 0 aliphatic heterocycles. The summed E-state index contributed by atoms with van der Waals surface area (Å²) in [6, 6.07) is 18.2. The van der Waals surface area contributed by atoms with Gasteiger partial charge >= 0.3 is 0 Å². The van der Waals surface area contributed by atoms with Crippen molar-refractivity contribution in [3.05, 3.63) is 77.5 Å². The van der Waals surface area contributed by atoms with E-state index < -0.39 is 0 Å². The molecule has 4 rings (SSSR count). The van der Waals surface area contributed by atoms with Gasteiger partial charge in [0.05, 0.1) is 30.7 Å². The molecule has 0 saturated heterocycles. The zero-order valence-electron chi connectivity index (χ0n) is 16.4. The van der Waals surface area contributed by atoms with Gasteiger partial charge in [-0.05, 0) is 30.2 Å². The van der Waals surface area contributed by atoms with Crippen LogP contribution in [0.15, 0.2) is 60.8 Å². The van der Waals surface area contributed by atoms with Crippen molar-refractivity contribution in [2.75, 3.05) is 12.8 Å². The van der Waals surface area contributed by atoms with Crippen LogP contribution in [0.25, 0.3) is 22.6 Å². The summed E-state index contributed by atoms with van der Waals surface area (Å²) in [5, 5.41) is 8.52. The quantitative estimate of drug-likeness (QED) is 0.545. The Morgan fingerprint density at radius 2 is 1.72 bits per heavy atom. The minimum Gasteiger partial charge on any atom is -0.380 e. The molecular weight excluding hydrogens is 364 g/mol. The second-order valence-corrected chi connectivity index (χ2v) is 6.92. The number of ether oxygens (including phenoxy) is 1. The summed E-state index contributed by atoms with van der Waals surface area (Å²) < 4.78 is 6.98. The van der Waals surface area contributed by atoms with Gasteiger partial charge in [0.2, 0.25) is 5.95 Å². The molecule has 2 aromatic heterocycles. The van der Waals surface area contributed by atoms with Crippen molar-refractivity contribution >= 4 is 5.95 Å². The molecular formula is C22H22N6O. The molecule has 29 heavy (non-hydrogen) atoms. The molecule has 0 amide bonds. The summed E-state index contributed by atoms with van der Waals surface area (Å²) in [6.45, 7) is 3.23. The second kappa shape index (κ2) is 8.20. The number of nitrogen functional groups attached to an aromatic ring is 1. The third-order valence-electron chi connectivity index (χ3n) is 4.51. The average Bonchev–Trinajstić information content (AvgIpc) is 3.17. The van der Waals surface area contributed by atoms with Gasteiger partial charge in [0.25, 0.3) is 0 Å². The zero-order valence-corrected chi connectivity index (χ0v) is 16.4. The van der Waals surface area contributed by atoms with Gasteiger partial charge in [-0.1, -0.05) is 53.2 Å². The summed E-state index contributed by atoms with van der Waals surface area (Å²) in [4.78, 5) is 8.72. The summed E-state index contributed by atoms with van der Waals surface area (Å²) >= 11 is 0. The topological polar surface area (TPSA) is 91.7 Å². The number of nitrogens with zero attached hydrogens (tertiary/aromatic N) is 5. The van der Waals surface area contributed by atoms with E-state index in [0.717, 1.165) is 27.9 Å². The SMILES string of the molecule is COCc1cccc(Cn2cc(-c3cc(-c4cccc(C)c4)nc(N)n3)nn2)c1. The molecule has 2 aromatic carbocycles. The number of methoxy groups -OCH3 is 1. The third kappa shape index (κ3) is 4.47.